The Balaban J connectivity index is 2.62. The number of carbonyl (C=O) groups is 2. The Morgan fingerprint density at radius 1 is 1.27 bits per heavy atom. The molecular weight excluding hydrogens is 302 g/mol. The van der Waals surface area contributed by atoms with Gasteiger partial charge in [-0.15, -0.1) is 0 Å². The highest BCUT2D eigenvalue weighted by atomic mass is 32.2. The van der Waals surface area contributed by atoms with Crippen LogP contribution in [-0.4, -0.2) is 41.6 Å². The Morgan fingerprint density at radius 3 is 2.50 bits per heavy atom. The van der Waals surface area contributed by atoms with E-state index in [1.165, 1.54) is 0 Å². The van der Waals surface area contributed by atoms with Crippen molar-refractivity contribution >= 4 is 23.6 Å². The SMILES string of the molecule is CSCCC(NC(=O)COc1c(C)ccc(C)c1C)C(=O)O. The van der Waals surface area contributed by atoms with Crippen molar-refractivity contribution < 1.29 is 19.4 Å². The van der Waals surface area contributed by atoms with Gasteiger partial charge in [-0.25, -0.2) is 4.79 Å². The van der Waals surface area contributed by atoms with Gasteiger partial charge in [0.05, 0.1) is 0 Å². The molecule has 1 aromatic carbocycles. The number of aryl methyl sites for hydroxylation is 2. The highest BCUT2D eigenvalue weighted by Gasteiger charge is 2.19. The zero-order chi connectivity index (χ0) is 16.7. The minimum atomic E-state index is -1.02. The number of carboxylic acids is 1. The number of rotatable bonds is 8. The predicted octanol–water partition coefficient (Wildman–Crippen LogP) is 2.31. The summed E-state index contributed by atoms with van der Waals surface area (Å²) in [4.78, 5) is 23.0. The molecule has 0 bridgehead atoms. The Kier molecular flexibility index (Phi) is 7.24. The van der Waals surface area contributed by atoms with E-state index in [1.807, 2.05) is 39.2 Å². The summed E-state index contributed by atoms with van der Waals surface area (Å²) >= 11 is 1.54. The van der Waals surface area contributed by atoms with Crippen molar-refractivity contribution in [3.05, 3.63) is 28.8 Å². The number of thioether (sulfide) groups is 1. The van der Waals surface area contributed by atoms with Crippen LogP contribution in [0.25, 0.3) is 0 Å². The lowest BCUT2D eigenvalue weighted by molar-refractivity contribution is -0.142. The third kappa shape index (κ3) is 5.26. The third-order valence-corrected chi connectivity index (χ3v) is 4.11. The Morgan fingerprint density at radius 2 is 1.91 bits per heavy atom. The Hall–Kier alpha value is -1.69. The quantitative estimate of drug-likeness (QED) is 0.767. The van der Waals surface area contributed by atoms with Gasteiger partial charge in [-0.3, -0.25) is 4.79 Å². The van der Waals surface area contributed by atoms with Crippen molar-refractivity contribution in [3.8, 4) is 5.75 Å². The average Bonchev–Trinajstić information content (AvgIpc) is 2.47. The van der Waals surface area contributed by atoms with Crippen molar-refractivity contribution in [2.75, 3.05) is 18.6 Å². The van der Waals surface area contributed by atoms with E-state index in [2.05, 4.69) is 5.32 Å². The van der Waals surface area contributed by atoms with Gasteiger partial charge in [0.25, 0.3) is 5.91 Å². The van der Waals surface area contributed by atoms with E-state index in [-0.39, 0.29) is 6.61 Å². The van der Waals surface area contributed by atoms with Gasteiger partial charge in [0.15, 0.2) is 6.61 Å². The van der Waals surface area contributed by atoms with Crippen LogP contribution in [0.5, 0.6) is 5.75 Å². The van der Waals surface area contributed by atoms with Crippen LogP contribution in [-0.2, 0) is 9.59 Å². The van der Waals surface area contributed by atoms with Crippen molar-refractivity contribution in [2.24, 2.45) is 0 Å². The molecular formula is C16H23NO4S. The molecule has 0 fully saturated rings. The lowest BCUT2D eigenvalue weighted by Gasteiger charge is -2.16. The molecule has 5 nitrogen and oxygen atoms in total. The number of nitrogens with one attached hydrogen (secondary N) is 1. The summed E-state index contributed by atoms with van der Waals surface area (Å²) in [5.41, 5.74) is 3.03. The molecule has 1 amide bonds. The summed E-state index contributed by atoms with van der Waals surface area (Å²) in [6, 6.07) is 3.07. The fourth-order valence-corrected chi connectivity index (χ4v) is 2.49. The number of ether oxygens (including phenoxy) is 1. The molecule has 0 radical (unpaired) electrons. The average molecular weight is 325 g/mol. The van der Waals surface area contributed by atoms with E-state index in [1.54, 1.807) is 11.8 Å². The summed E-state index contributed by atoms with van der Waals surface area (Å²) in [7, 11) is 0. The van der Waals surface area contributed by atoms with Crippen LogP contribution in [0.4, 0.5) is 0 Å². The standard InChI is InChI=1S/C16H23NO4S/c1-10-5-6-11(2)15(12(10)3)21-9-14(18)17-13(16(19)20)7-8-22-4/h5-6,13H,7-9H2,1-4H3,(H,17,18)(H,19,20). The second-order valence-electron chi connectivity index (χ2n) is 5.18. The van der Waals surface area contributed by atoms with Gasteiger partial charge in [0, 0.05) is 0 Å². The first-order valence-electron chi connectivity index (χ1n) is 7.07. The molecule has 0 aliphatic heterocycles. The van der Waals surface area contributed by atoms with E-state index >= 15 is 0 Å². The Bertz CT molecular complexity index is 545. The minimum absolute atomic E-state index is 0.186. The maximum atomic E-state index is 11.9. The van der Waals surface area contributed by atoms with Crippen LogP contribution in [0.3, 0.4) is 0 Å². The molecule has 0 aliphatic rings. The third-order valence-electron chi connectivity index (χ3n) is 3.47. The van der Waals surface area contributed by atoms with Gasteiger partial charge >= 0.3 is 5.97 Å². The summed E-state index contributed by atoms with van der Waals surface area (Å²) in [6.07, 6.45) is 2.29. The summed E-state index contributed by atoms with van der Waals surface area (Å²) in [5.74, 6) is -0.0842. The van der Waals surface area contributed by atoms with Gasteiger partial charge < -0.3 is 15.2 Å². The van der Waals surface area contributed by atoms with E-state index in [0.717, 1.165) is 16.7 Å². The number of carbonyl (C=O) groups excluding carboxylic acids is 1. The predicted molar refractivity (Wildman–Crippen MR) is 88.7 cm³/mol. The molecule has 0 aliphatic carbocycles. The molecule has 2 N–H and O–H groups in total. The fraction of sp³-hybridized carbons (Fsp3) is 0.500. The van der Waals surface area contributed by atoms with E-state index in [4.69, 9.17) is 9.84 Å². The van der Waals surface area contributed by atoms with Crippen LogP contribution < -0.4 is 10.1 Å². The van der Waals surface area contributed by atoms with Crippen LogP contribution >= 0.6 is 11.8 Å². The molecule has 1 rings (SSSR count). The number of hydrogen-bond donors (Lipinski definition) is 2. The minimum Gasteiger partial charge on any atom is -0.483 e. The lowest BCUT2D eigenvalue weighted by atomic mass is 10.1. The monoisotopic (exact) mass is 325 g/mol. The van der Waals surface area contributed by atoms with Crippen LogP contribution in [0.1, 0.15) is 23.1 Å². The van der Waals surface area contributed by atoms with Gasteiger partial charge in [-0.05, 0) is 55.9 Å². The molecule has 0 saturated heterocycles. The highest BCUT2D eigenvalue weighted by Crippen LogP contribution is 2.25. The lowest BCUT2D eigenvalue weighted by Crippen LogP contribution is -2.43. The highest BCUT2D eigenvalue weighted by molar-refractivity contribution is 7.98. The number of benzene rings is 1. The second-order valence-corrected chi connectivity index (χ2v) is 6.17. The summed E-state index contributed by atoms with van der Waals surface area (Å²) in [5, 5.41) is 11.6. The smallest absolute Gasteiger partial charge is 0.326 e. The van der Waals surface area contributed by atoms with Crippen molar-refractivity contribution in [1.29, 1.82) is 0 Å². The first-order chi connectivity index (χ1) is 10.4. The van der Waals surface area contributed by atoms with Crippen molar-refractivity contribution in [3.63, 3.8) is 0 Å². The summed E-state index contributed by atoms with van der Waals surface area (Å²) in [6.45, 7) is 5.64. The molecule has 0 aromatic heterocycles. The molecule has 0 heterocycles. The molecule has 122 valence electrons. The number of hydrogen-bond acceptors (Lipinski definition) is 4. The molecule has 22 heavy (non-hydrogen) atoms. The molecule has 6 heteroatoms. The first-order valence-corrected chi connectivity index (χ1v) is 8.47. The zero-order valence-electron chi connectivity index (χ0n) is 13.4. The molecule has 0 saturated carbocycles. The van der Waals surface area contributed by atoms with E-state index < -0.39 is 17.9 Å². The van der Waals surface area contributed by atoms with E-state index in [0.29, 0.717) is 17.9 Å². The topological polar surface area (TPSA) is 75.6 Å². The van der Waals surface area contributed by atoms with Gasteiger partial charge in [0.1, 0.15) is 11.8 Å². The van der Waals surface area contributed by atoms with Gasteiger partial charge in [-0.1, -0.05) is 12.1 Å². The van der Waals surface area contributed by atoms with Crippen LogP contribution in [0.2, 0.25) is 0 Å². The van der Waals surface area contributed by atoms with Crippen molar-refractivity contribution in [2.45, 2.75) is 33.2 Å². The van der Waals surface area contributed by atoms with Gasteiger partial charge in [-0.2, -0.15) is 11.8 Å². The van der Waals surface area contributed by atoms with Gasteiger partial charge in [0.2, 0.25) is 0 Å². The van der Waals surface area contributed by atoms with E-state index in [9.17, 15) is 9.59 Å². The summed E-state index contributed by atoms with van der Waals surface area (Å²) < 4.78 is 5.59. The van der Waals surface area contributed by atoms with Crippen LogP contribution in [0, 0.1) is 20.8 Å². The normalized spacial score (nSPS) is 11.8. The number of carboxylic acid groups (broad SMARTS) is 1. The Labute approximate surface area is 135 Å². The maximum Gasteiger partial charge on any atom is 0.326 e. The largest absolute Gasteiger partial charge is 0.483 e. The molecule has 0 spiro atoms. The van der Waals surface area contributed by atoms with Crippen LogP contribution in [0.15, 0.2) is 12.1 Å². The zero-order valence-corrected chi connectivity index (χ0v) is 14.3. The van der Waals surface area contributed by atoms with Crippen molar-refractivity contribution in [1.82, 2.24) is 5.32 Å². The number of aliphatic carboxylic acids is 1. The molecule has 1 atom stereocenters. The molecule has 1 aromatic rings. The fourth-order valence-electron chi connectivity index (χ4n) is 2.01. The first kappa shape index (κ1) is 18.4. The maximum absolute atomic E-state index is 11.9. The second kappa shape index (κ2) is 8.68. The number of amides is 1. The molecule has 1 unspecified atom stereocenters.